The number of guanidine groups is 1. The summed E-state index contributed by atoms with van der Waals surface area (Å²) in [5.74, 6) is 2.39. The van der Waals surface area contributed by atoms with Crippen LogP contribution in [0.3, 0.4) is 0 Å². The van der Waals surface area contributed by atoms with Crippen LogP contribution in [0.4, 0.5) is 0 Å². The van der Waals surface area contributed by atoms with Crippen molar-refractivity contribution in [1.82, 2.24) is 15.5 Å². The van der Waals surface area contributed by atoms with Crippen LogP contribution in [0.1, 0.15) is 50.7 Å². The van der Waals surface area contributed by atoms with E-state index in [9.17, 15) is 4.79 Å². The normalized spacial score (nSPS) is 24.8. The lowest BCUT2D eigenvalue weighted by Gasteiger charge is -2.22. The maximum Gasteiger partial charge on any atom is 0.225 e. The molecule has 0 bridgehead atoms. The van der Waals surface area contributed by atoms with Gasteiger partial charge in [-0.2, -0.15) is 0 Å². The van der Waals surface area contributed by atoms with Crippen LogP contribution < -0.4 is 10.6 Å². The van der Waals surface area contributed by atoms with Gasteiger partial charge in [-0.05, 0) is 44.2 Å². The number of carbonyl (C=O) groups excluding carboxylic acids is 1. The molecule has 30 heavy (non-hydrogen) atoms. The number of halogens is 1. The third kappa shape index (κ3) is 6.60. The number of ether oxygens (including phenoxy) is 1. The first kappa shape index (κ1) is 23.4. The Labute approximate surface area is 196 Å². The molecule has 1 amide bonds. The predicted molar refractivity (Wildman–Crippen MR) is 127 cm³/mol. The Balaban J connectivity index is 0.00000256. The van der Waals surface area contributed by atoms with Crippen LogP contribution in [0, 0.1) is 5.92 Å². The highest BCUT2D eigenvalue weighted by atomic mass is 127. The fourth-order valence-corrected chi connectivity index (χ4v) is 4.60. The van der Waals surface area contributed by atoms with Gasteiger partial charge in [-0.3, -0.25) is 9.79 Å². The first-order valence-corrected chi connectivity index (χ1v) is 11.3. The van der Waals surface area contributed by atoms with Crippen LogP contribution in [0.25, 0.3) is 0 Å². The topological polar surface area (TPSA) is 79.1 Å². The molecule has 8 heteroatoms. The zero-order chi connectivity index (χ0) is 19.9. The monoisotopic (exact) mass is 530 g/mol. The van der Waals surface area contributed by atoms with Gasteiger partial charge in [0.2, 0.25) is 5.91 Å². The van der Waals surface area contributed by atoms with E-state index in [4.69, 9.17) is 14.1 Å². The number of furan rings is 1. The van der Waals surface area contributed by atoms with E-state index in [1.54, 1.807) is 6.26 Å². The molecule has 0 spiro atoms. The minimum absolute atomic E-state index is 0. The van der Waals surface area contributed by atoms with Crippen molar-refractivity contribution in [2.24, 2.45) is 10.9 Å². The van der Waals surface area contributed by atoms with Crippen LogP contribution in [0.15, 0.2) is 27.8 Å². The van der Waals surface area contributed by atoms with Crippen molar-refractivity contribution in [3.63, 3.8) is 0 Å². The SMILES string of the molecule is I.O=C(C1CCCC1)N1CCC(NC(=NCC2CCCO2)NCCc2ccco2)C1. The van der Waals surface area contributed by atoms with E-state index in [2.05, 4.69) is 10.6 Å². The highest BCUT2D eigenvalue weighted by Gasteiger charge is 2.32. The lowest BCUT2D eigenvalue weighted by molar-refractivity contribution is -0.134. The van der Waals surface area contributed by atoms with Crippen molar-refractivity contribution >= 4 is 35.8 Å². The third-order valence-electron chi connectivity index (χ3n) is 6.27. The summed E-state index contributed by atoms with van der Waals surface area (Å²) in [6, 6.07) is 4.15. The molecule has 168 valence electrons. The van der Waals surface area contributed by atoms with Gasteiger partial charge in [-0.25, -0.2) is 0 Å². The molecule has 2 aliphatic heterocycles. The molecule has 4 rings (SSSR count). The largest absolute Gasteiger partial charge is 0.469 e. The minimum Gasteiger partial charge on any atom is -0.469 e. The van der Waals surface area contributed by atoms with Crippen LogP contribution in [-0.4, -0.2) is 61.7 Å². The second-order valence-corrected chi connectivity index (χ2v) is 8.48. The first-order valence-electron chi connectivity index (χ1n) is 11.3. The van der Waals surface area contributed by atoms with Crippen molar-refractivity contribution in [3.8, 4) is 0 Å². The van der Waals surface area contributed by atoms with Crippen LogP contribution in [-0.2, 0) is 16.0 Å². The molecule has 1 aromatic rings. The van der Waals surface area contributed by atoms with E-state index in [1.165, 1.54) is 12.8 Å². The van der Waals surface area contributed by atoms with Crippen molar-refractivity contribution in [3.05, 3.63) is 24.2 Å². The molecular weight excluding hydrogens is 495 g/mol. The molecule has 2 N–H and O–H groups in total. The zero-order valence-electron chi connectivity index (χ0n) is 17.7. The van der Waals surface area contributed by atoms with E-state index in [-0.39, 0.29) is 42.0 Å². The summed E-state index contributed by atoms with van der Waals surface area (Å²) in [5.41, 5.74) is 0. The Morgan fingerprint density at radius 3 is 2.80 bits per heavy atom. The van der Waals surface area contributed by atoms with Crippen LogP contribution in [0.2, 0.25) is 0 Å². The van der Waals surface area contributed by atoms with Crippen molar-refractivity contribution in [1.29, 1.82) is 0 Å². The Kier molecular flexibility index (Phi) is 9.29. The fraction of sp³-hybridized carbons (Fsp3) is 0.727. The highest BCUT2D eigenvalue weighted by molar-refractivity contribution is 14.0. The number of carbonyl (C=O) groups is 1. The quantitative estimate of drug-likeness (QED) is 0.322. The summed E-state index contributed by atoms with van der Waals surface area (Å²) < 4.78 is 11.1. The van der Waals surface area contributed by atoms with Crippen molar-refractivity contribution in [2.45, 2.75) is 63.5 Å². The van der Waals surface area contributed by atoms with Gasteiger partial charge >= 0.3 is 0 Å². The Morgan fingerprint density at radius 2 is 2.07 bits per heavy atom. The molecule has 2 unspecified atom stereocenters. The molecule has 3 heterocycles. The number of rotatable bonds is 7. The molecule has 1 aliphatic carbocycles. The Bertz CT molecular complexity index is 670. The fourth-order valence-electron chi connectivity index (χ4n) is 4.60. The van der Waals surface area contributed by atoms with E-state index >= 15 is 0 Å². The number of hydrogen-bond acceptors (Lipinski definition) is 4. The number of hydrogen-bond donors (Lipinski definition) is 2. The summed E-state index contributed by atoms with van der Waals surface area (Å²) in [7, 11) is 0. The molecule has 3 fully saturated rings. The van der Waals surface area contributed by atoms with Crippen molar-refractivity contribution < 1.29 is 13.9 Å². The summed E-state index contributed by atoms with van der Waals surface area (Å²) in [5, 5.41) is 6.98. The molecule has 1 saturated carbocycles. The van der Waals surface area contributed by atoms with Gasteiger partial charge < -0.3 is 24.7 Å². The first-order chi connectivity index (χ1) is 14.3. The molecule has 1 aromatic heterocycles. The summed E-state index contributed by atoms with van der Waals surface area (Å²) in [6.45, 7) is 3.89. The third-order valence-corrected chi connectivity index (χ3v) is 6.27. The minimum atomic E-state index is 0. The number of likely N-dealkylation sites (tertiary alicyclic amines) is 1. The molecule has 3 aliphatic rings. The molecule has 0 aromatic carbocycles. The summed E-state index contributed by atoms with van der Waals surface area (Å²) in [4.78, 5) is 19.5. The van der Waals surface area contributed by atoms with Gasteiger partial charge in [-0.15, -0.1) is 24.0 Å². The van der Waals surface area contributed by atoms with E-state index < -0.39 is 0 Å². The summed E-state index contributed by atoms with van der Waals surface area (Å²) >= 11 is 0. The van der Waals surface area contributed by atoms with Gasteiger partial charge in [-0.1, -0.05) is 12.8 Å². The number of amides is 1. The van der Waals surface area contributed by atoms with Gasteiger partial charge in [0, 0.05) is 44.6 Å². The van der Waals surface area contributed by atoms with Gasteiger partial charge in [0.25, 0.3) is 0 Å². The maximum atomic E-state index is 12.7. The molecule has 0 radical (unpaired) electrons. The second kappa shape index (κ2) is 11.9. The van der Waals surface area contributed by atoms with Gasteiger partial charge in [0.05, 0.1) is 18.9 Å². The highest BCUT2D eigenvalue weighted by Crippen LogP contribution is 2.27. The maximum absolute atomic E-state index is 12.7. The lowest BCUT2D eigenvalue weighted by atomic mass is 10.1. The predicted octanol–water partition coefficient (Wildman–Crippen LogP) is 2.95. The molecular formula is C22H35IN4O3. The van der Waals surface area contributed by atoms with Gasteiger partial charge in [0.1, 0.15) is 5.76 Å². The Morgan fingerprint density at radius 1 is 1.20 bits per heavy atom. The van der Waals surface area contributed by atoms with Crippen LogP contribution in [0.5, 0.6) is 0 Å². The van der Waals surface area contributed by atoms with Gasteiger partial charge in [0.15, 0.2) is 5.96 Å². The average molecular weight is 530 g/mol. The van der Waals surface area contributed by atoms with E-state index in [0.717, 1.165) is 76.5 Å². The second-order valence-electron chi connectivity index (χ2n) is 8.48. The van der Waals surface area contributed by atoms with E-state index in [0.29, 0.717) is 12.5 Å². The lowest BCUT2D eigenvalue weighted by Crippen LogP contribution is -2.46. The smallest absolute Gasteiger partial charge is 0.225 e. The molecule has 7 nitrogen and oxygen atoms in total. The standard InChI is InChI=1S/C22H34N4O3.HI/c27-21(17-5-1-2-6-17)26-12-10-18(16-26)25-22(24-15-20-8-4-14-29-20)23-11-9-19-7-3-13-28-19;/h3,7,13,17-18,20H,1-2,4-6,8-12,14-16H2,(H2,23,24,25);1H. The van der Waals surface area contributed by atoms with E-state index in [1.807, 2.05) is 17.0 Å². The van der Waals surface area contributed by atoms with Crippen LogP contribution >= 0.6 is 24.0 Å². The average Bonchev–Trinajstić information content (AvgIpc) is 3.54. The number of aliphatic imine (C=N–C) groups is 1. The Hall–Kier alpha value is -1.29. The number of nitrogens with one attached hydrogen (secondary N) is 2. The van der Waals surface area contributed by atoms with Crippen molar-refractivity contribution in [2.75, 3.05) is 32.8 Å². The zero-order valence-corrected chi connectivity index (χ0v) is 20.0. The molecule has 2 saturated heterocycles. The summed E-state index contributed by atoms with van der Waals surface area (Å²) in [6.07, 6.45) is 10.4. The number of nitrogens with zero attached hydrogens (tertiary/aromatic N) is 2. The molecule has 2 atom stereocenters.